The van der Waals surface area contributed by atoms with Crippen molar-refractivity contribution < 1.29 is 9.53 Å². The standard InChI is InChI=1S/C9H11IN2O2/c1-12(2)9(13)7-6(10)4-5-11-8(7)14-3/h4-5H,1-3H3. The van der Waals surface area contributed by atoms with Gasteiger partial charge in [-0.15, -0.1) is 0 Å². The number of carbonyl (C=O) groups is 1. The maximum atomic E-state index is 11.7. The topological polar surface area (TPSA) is 42.4 Å². The largest absolute Gasteiger partial charge is 0.480 e. The summed E-state index contributed by atoms with van der Waals surface area (Å²) >= 11 is 2.09. The van der Waals surface area contributed by atoms with E-state index in [0.717, 1.165) is 3.57 Å². The molecule has 0 unspecified atom stereocenters. The van der Waals surface area contributed by atoms with E-state index in [-0.39, 0.29) is 5.91 Å². The molecule has 5 heteroatoms. The summed E-state index contributed by atoms with van der Waals surface area (Å²) in [6.07, 6.45) is 1.62. The first-order chi connectivity index (χ1) is 6.57. The zero-order chi connectivity index (χ0) is 10.7. The van der Waals surface area contributed by atoms with Crippen molar-refractivity contribution in [2.75, 3.05) is 21.2 Å². The minimum absolute atomic E-state index is 0.0978. The van der Waals surface area contributed by atoms with Gasteiger partial charge in [0.1, 0.15) is 5.56 Å². The van der Waals surface area contributed by atoms with Crippen LogP contribution in [0, 0.1) is 3.57 Å². The Bertz CT molecular complexity index is 353. The van der Waals surface area contributed by atoms with Gasteiger partial charge in [0, 0.05) is 23.9 Å². The molecule has 1 aromatic heterocycles. The molecule has 0 spiro atoms. The summed E-state index contributed by atoms with van der Waals surface area (Å²) in [6, 6.07) is 1.78. The molecule has 1 heterocycles. The number of hydrogen-bond donors (Lipinski definition) is 0. The van der Waals surface area contributed by atoms with Crippen molar-refractivity contribution in [3.8, 4) is 5.88 Å². The van der Waals surface area contributed by atoms with E-state index in [2.05, 4.69) is 27.6 Å². The third-order valence-electron chi connectivity index (χ3n) is 1.68. The summed E-state index contributed by atoms with van der Waals surface area (Å²) in [5.41, 5.74) is 0.514. The number of hydrogen-bond acceptors (Lipinski definition) is 3. The van der Waals surface area contributed by atoms with Crippen molar-refractivity contribution >= 4 is 28.5 Å². The van der Waals surface area contributed by atoms with Gasteiger partial charge in [-0.2, -0.15) is 0 Å². The van der Waals surface area contributed by atoms with Gasteiger partial charge in [-0.1, -0.05) is 0 Å². The highest BCUT2D eigenvalue weighted by Gasteiger charge is 2.18. The molecule has 0 atom stereocenters. The van der Waals surface area contributed by atoms with E-state index in [4.69, 9.17) is 4.74 Å². The van der Waals surface area contributed by atoms with Crippen LogP contribution in [-0.4, -0.2) is 37.0 Å². The Morgan fingerprint density at radius 3 is 2.71 bits per heavy atom. The fourth-order valence-corrected chi connectivity index (χ4v) is 1.61. The van der Waals surface area contributed by atoms with Crippen LogP contribution in [0.1, 0.15) is 10.4 Å². The molecule has 0 saturated heterocycles. The zero-order valence-electron chi connectivity index (χ0n) is 8.24. The quantitative estimate of drug-likeness (QED) is 0.776. The van der Waals surface area contributed by atoms with E-state index < -0.39 is 0 Å². The Morgan fingerprint density at radius 1 is 1.57 bits per heavy atom. The SMILES string of the molecule is COc1nccc(I)c1C(=O)N(C)C. The molecule has 0 radical (unpaired) electrons. The predicted molar refractivity (Wildman–Crippen MR) is 61.5 cm³/mol. The van der Waals surface area contributed by atoms with Crippen LogP contribution in [-0.2, 0) is 0 Å². The Labute approximate surface area is 96.4 Å². The number of carbonyl (C=O) groups excluding carboxylic acids is 1. The second-order valence-corrected chi connectivity index (χ2v) is 4.04. The number of aromatic nitrogens is 1. The molecular formula is C9H11IN2O2. The fourth-order valence-electron chi connectivity index (χ4n) is 0.992. The molecule has 14 heavy (non-hydrogen) atoms. The van der Waals surface area contributed by atoms with Gasteiger partial charge in [0.25, 0.3) is 5.91 Å². The molecule has 1 amide bonds. The molecule has 1 rings (SSSR count). The number of pyridine rings is 1. The summed E-state index contributed by atoms with van der Waals surface area (Å²) in [6.45, 7) is 0. The predicted octanol–water partition coefficient (Wildman–Crippen LogP) is 1.40. The third-order valence-corrected chi connectivity index (χ3v) is 2.58. The van der Waals surface area contributed by atoms with Gasteiger partial charge < -0.3 is 9.64 Å². The van der Waals surface area contributed by atoms with Crippen LogP contribution < -0.4 is 4.74 Å². The first-order valence-corrected chi connectivity index (χ1v) is 5.06. The summed E-state index contributed by atoms with van der Waals surface area (Å²) in [5.74, 6) is 0.273. The van der Waals surface area contributed by atoms with Gasteiger partial charge in [-0.3, -0.25) is 4.79 Å². The molecule has 76 valence electrons. The third kappa shape index (κ3) is 2.14. The second-order valence-electron chi connectivity index (χ2n) is 2.88. The lowest BCUT2D eigenvalue weighted by Crippen LogP contribution is -2.23. The Hall–Kier alpha value is -0.850. The van der Waals surface area contributed by atoms with Crippen molar-refractivity contribution in [1.82, 2.24) is 9.88 Å². The minimum Gasteiger partial charge on any atom is -0.480 e. The molecule has 4 nitrogen and oxygen atoms in total. The Kier molecular flexibility index (Phi) is 3.68. The lowest BCUT2D eigenvalue weighted by Gasteiger charge is -2.13. The van der Waals surface area contributed by atoms with Crippen LogP contribution in [0.3, 0.4) is 0 Å². The number of rotatable bonds is 2. The van der Waals surface area contributed by atoms with E-state index in [0.29, 0.717) is 11.4 Å². The number of ether oxygens (including phenoxy) is 1. The first-order valence-electron chi connectivity index (χ1n) is 3.98. The van der Waals surface area contributed by atoms with Crippen LogP contribution in [0.5, 0.6) is 5.88 Å². The van der Waals surface area contributed by atoms with Crippen LogP contribution in [0.2, 0.25) is 0 Å². The molecule has 0 aliphatic heterocycles. The number of amides is 1. The Morgan fingerprint density at radius 2 is 2.21 bits per heavy atom. The summed E-state index contributed by atoms with van der Waals surface area (Å²) in [5, 5.41) is 0. The molecule has 0 aromatic carbocycles. The van der Waals surface area contributed by atoms with Gasteiger partial charge in [-0.25, -0.2) is 4.98 Å². The Balaban J connectivity index is 3.23. The van der Waals surface area contributed by atoms with Crippen LogP contribution in [0.25, 0.3) is 0 Å². The zero-order valence-corrected chi connectivity index (χ0v) is 10.4. The van der Waals surface area contributed by atoms with Crippen LogP contribution >= 0.6 is 22.6 Å². The molecule has 0 N–H and O–H groups in total. The van der Waals surface area contributed by atoms with E-state index in [1.54, 1.807) is 26.4 Å². The molecular weight excluding hydrogens is 295 g/mol. The average Bonchev–Trinajstić information content (AvgIpc) is 2.16. The van der Waals surface area contributed by atoms with E-state index in [1.807, 2.05) is 0 Å². The molecule has 1 aromatic rings. The fraction of sp³-hybridized carbons (Fsp3) is 0.333. The molecule has 0 aliphatic rings. The van der Waals surface area contributed by atoms with Gasteiger partial charge >= 0.3 is 0 Å². The molecule has 0 fully saturated rings. The minimum atomic E-state index is -0.0978. The normalized spacial score (nSPS) is 9.71. The van der Waals surface area contributed by atoms with Crippen LogP contribution in [0.4, 0.5) is 0 Å². The van der Waals surface area contributed by atoms with Gasteiger partial charge in [0.2, 0.25) is 5.88 Å². The summed E-state index contributed by atoms with van der Waals surface area (Å²) < 4.78 is 5.87. The highest BCUT2D eigenvalue weighted by Crippen LogP contribution is 2.21. The van der Waals surface area contributed by atoms with Crippen molar-refractivity contribution in [2.45, 2.75) is 0 Å². The van der Waals surface area contributed by atoms with E-state index in [1.165, 1.54) is 12.0 Å². The maximum absolute atomic E-state index is 11.7. The molecule has 0 saturated carbocycles. The second kappa shape index (κ2) is 4.59. The van der Waals surface area contributed by atoms with Crippen molar-refractivity contribution in [1.29, 1.82) is 0 Å². The smallest absolute Gasteiger partial charge is 0.259 e. The highest BCUT2D eigenvalue weighted by atomic mass is 127. The lowest BCUT2D eigenvalue weighted by molar-refractivity contribution is 0.0822. The van der Waals surface area contributed by atoms with Gasteiger partial charge in [-0.05, 0) is 28.7 Å². The van der Waals surface area contributed by atoms with E-state index in [9.17, 15) is 4.79 Å². The van der Waals surface area contributed by atoms with Crippen molar-refractivity contribution in [2.24, 2.45) is 0 Å². The first kappa shape index (κ1) is 11.2. The molecule has 0 bridgehead atoms. The monoisotopic (exact) mass is 306 g/mol. The summed E-state index contributed by atoms with van der Waals surface area (Å²) in [4.78, 5) is 17.2. The average molecular weight is 306 g/mol. The van der Waals surface area contributed by atoms with Gasteiger partial charge in [0.05, 0.1) is 7.11 Å². The van der Waals surface area contributed by atoms with Crippen molar-refractivity contribution in [3.05, 3.63) is 21.4 Å². The van der Waals surface area contributed by atoms with Crippen molar-refractivity contribution in [3.63, 3.8) is 0 Å². The number of halogens is 1. The highest BCUT2D eigenvalue weighted by molar-refractivity contribution is 14.1. The number of nitrogens with zero attached hydrogens (tertiary/aromatic N) is 2. The lowest BCUT2D eigenvalue weighted by atomic mass is 10.2. The maximum Gasteiger partial charge on any atom is 0.259 e. The molecule has 0 aliphatic carbocycles. The van der Waals surface area contributed by atoms with Crippen LogP contribution in [0.15, 0.2) is 12.3 Å². The summed E-state index contributed by atoms with van der Waals surface area (Å²) in [7, 11) is 4.90. The van der Waals surface area contributed by atoms with Gasteiger partial charge in [0.15, 0.2) is 0 Å². The van der Waals surface area contributed by atoms with E-state index >= 15 is 0 Å². The number of methoxy groups -OCH3 is 1.